The number of rotatable bonds is 0. The molecule has 92 valence electrons. The summed E-state index contributed by atoms with van der Waals surface area (Å²) in [7, 11) is 0. The van der Waals surface area contributed by atoms with Crippen LogP contribution in [-0.4, -0.2) is 11.6 Å². The van der Waals surface area contributed by atoms with Gasteiger partial charge in [0.25, 0.3) is 0 Å². The van der Waals surface area contributed by atoms with Gasteiger partial charge in [0.2, 0.25) is 0 Å². The molecule has 0 spiro atoms. The largest absolute Gasteiger partial charge is 0.295 e. The molecule has 1 fully saturated rings. The second-order valence-corrected chi connectivity index (χ2v) is 5.09. The van der Waals surface area contributed by atoms with Crippen LogP contribution >= 0.6 is 0 Å². The molecule has 2 heteroatoms. The van der Waals surface area contributed by atoms with Crippen molar-refractivity contribution in [2.24, 2.45) is 0 Å². The van der Waals surface area contributed by atoms with Crippen molar-refractivity contribution in [3.8, 4) is 0 Å². The topological polar surface area (TPSA) is 34.1 Å². The summed E-state index contributed by atoms with van der Waals surface area (Å²) in [5.74, 6) is 0.414. The van der Waals surface area contributed by atoms with Gasteiger partial charge in [-0.1, -0.05) is 30.7 Å². The highest BCUT2D eigenvalue weighted by Crippen LogP contribution is 2.37. The molecule has 0 radical (unpaired) electrons. The highest BCUT2D eigenvalue weighted by Gasteiger charge is 2.28. The molecule has 3 rings (SSSR count). The molecule has 0 N–H and O–H groups in total. The molecule has 0 aromatic heterocycles. The van der Waals surface area contributed by atoms with E-state index in [1.165, 1.54) is 0 Å². The summed E-state index contributed by atoms with van der Waals surface area (Å²) in [6.07, 6.45) is 5.09. The molecule has 0 saturated heterocycles. The maximum absolute atomic E-state index is 12.1. The minimum Gasteiger partial charge on any atom is -0.295 e. The van der Waals surface area contributed by atoms with Crippen LogP contribution in [0.4, 0.5) is 0 Å². The molecule has 2 aliphatic rings. The zero-order valence-electron chi connectivity index (χ0n) is 10.4. The molecule has 1 saturated carbocycles. The first-order chi connectivity index (χ1) is 8.77. The smallest absolute Gasteiger partial charge is 0.167 e. The van der Waals surface area contributed by atoms with Gasteiger partial charge in [0, 0.05) is 18.4 Å². The van der Waals surface area contributed by atoms with Crippen LogP contribution in [-0.2, 0) is 4.79 Å². The number of carbonyl (C=O) groups excluding carboxylic acids is 2. The third-order valence-corrected chi connectivity index (χ3v) is 3.92. The Bertz CT molecular complexity index is 552. The predicted molar refractivity (Wildman–Crippen MR) is 70.4 cm³/mol. The number of benzene rings is 1. The van der Waals surface area contributed by atoms with Crippen molar-refractivity contribution in [2.75, 3.05) is 0 Å². The second-order valence-electron chi connectivity index (χ2n) is 5.09. The van der Waals surface area contributed by atoms with E-state index in [2.05, 4.69) is 0 Å². The third-order valence-electron chi connectivity index (χ3n) is 3.92. The van der Waals surface area contributed by atoms with Crippen LogP contribution in [0.1, 0.15) is 54.4 Å². The van der Waals surface area contributed by atoms with E-state index < -0.39 is 0 Å². The van der Waals surface area contributed by atoms with E-state index in [1.807, 2.05) is 24.3 Å². The summed E-state index contributed by atoms with van der Waals surface area (Å²) in [5, 5.41) is 0. The highest BCUT2D eigenvalue weighted by atomic mass is 16.1. The number of fused-ring (bicyclic) bond motifs is 1. The Kier molecular flexibility index (Phi) is 2.86. The average Bonchev–Trinajstić information content (AvgIpc) is 2.57. The Labute approximate surface area is 107 Å². The van der Waals surface area contributed by atoms with Gasteiger partial charge in [0.15, 0.2) is 11.6 Å². The highest BCUT2D eigenvalue weighted by molar-refractivity contribution is 6.16. The summed E-state index contributed by atoms with van der Waals surface area (Å²) < 4.78 is 0. The van der Waals surface area contributed by atoms with Crippen molar-refractivity contribution >= 4 is 17.1 Å². The molecule has 0 atom stereocenters. The van der Waals surface area contributed by atoms with Crippen LogP contribution < -0.4 is 0 Å². The van der Waals surface area contributed by atoms with E-state index in [-0.39, 0.29) is 11.6 Å². The van der Waals surface area contributed by atoms with Gasteiger partial charge < -0.3 is 0 Å². The van der Waals surface area contributed by atoms with Gasteiger partial charge in [0.1, 0.15) is 0 Å². The zero-order valence-corrected chi connectivity index (χ0v) is 10.4. The number of hydrogen-bond donors (Lipinski definition) is 0. The Balaban J connectivity index is 2.12. The van der Waals surface area contributed by atoms with Gasteiger partial charge in [0.05, 0.1) is 0 Å². The molecule has 1 aromatic carbocycles. The maximum Gasteiger partial charge on any atom is 0.167 e. The van der Waals surface area contributed by atoms with Crippen LogP contribution in [0.25, 0.3) is 5.57 Å². The molecule has 0 unspecified atom stereocenters. The molecule has 2 nitrogen and oxygen atoms in total. The van der Waals surface area contributed by atoms with Crippen molar-refractivity contribution in [2.45, 2.75) is 38.5 Å². The minimum absolute atomic E-state index is 0.158. The third kappa shape index (κ3) is 1.82. The van der Waals surface area contributed by atoms with E-state index in [9.17, 15) is 9.59 Å². The van der Waals surface area contributed by atoms with E-state index in [0.717, 1.165) is 48.0 Å². The van der Waals surface area contributed by atoms with Gasteiger partial charge in [-0.25, -0.2) is 0 Å². The van der Waals surface area contributed by atoms with Crippen molar-refractivity contribution in [1.29, 1.82) is 0 Å². The first-order valence-electron chi connectivity index (χ1n) is 6.65. The quantitative estimate of drug-likeness (QED) is 0.513. The number of Topliss-reactive ketones (excluding diaryl/α,β-unsaturated/α-hetero) is 2. The van der Waals surface area contributed by atoms with Crippen molar-refractivity contribution < 1.29 is 9.59 Å². The monoisotopic (exact) mass is 240 g/mol. The fraction of sp³-hybridized carbons (Fsp3) is 0.375. The average molecular weight is 240 g/mol. The van der Waals surface area contributed by atoms with Crippen LogP contribution in [0.15, 0.2) is 29.8 Å². The molecule has 0 heterocycles. The van der Waals surface area contributed by atoms with E-state index >= 15 is 0 Å². The number of allylic oxidation sites excluding steroid dienone is 2. The first kappa shape index (κ1) is 11.4. The maximum atomic E-state index is 12.1. The Morgan fingerprint density at radius 1 is 0.722 bits per heavy atom. The van der Waals surface area contributed by atoms with Crippen LogP contribution in [0.2, 0.25) is 0 Å². The fourth-order valence-corrected chi connectivity index (χ4v) is 2.98. The Hall–Kier alpha value is -1.70. The SMILES string of the molecule is O=C1CCCCC/C1=C1/CC(=O)c2ccccc21. The van der Waals surface area contributed by atoms with Crippen LogP contribution in [0.3, 0.4) is 0 Å². The summed E-state index contributed by atoms with van der Waals surface area (Å²) in [6.45, 7) is 0. The normalized spacial score (nSPS) is 24.0. The molecule has 0 amide bonds. The lowest BCUT2D eigenvalue weighted by molar-refractivity contribution is -0.115. The number of carbonyl (C=O) groups is 2. The Morgan fingerprint density at radius 2 is 1.44 bits per heavy atom. The van der Waals surface area contributed by atoms with Crippen molar-refractivity contribution in [1.82, 2.24) is 0 Å². The van der Waals surface area contributed by atoms with E-state index in [0.29, 0.717) is 12.8 Å². The zero-order chi connectivity index (χ0) is 12.5. The van der Waals surface area contributed by atoms with Gasteiger partial charge in [-0.05, 0) is 36.0 Å². The molecule has 0 aliphatic heterocycles. The predicted octanol–water partition coefficient (Wildman–Crippen LogP) is 3.56. The summed E-state index contributed by atoms with van der Waals surface area (Å²) >= 11 is 0. The molecule has 0 bridgehead atoms. The van der Waals surface area contributed by atoms with Gasteiger partial charge in [-0.3, -0.25) is 9.59 Å². The van der Waals surface area contributed by atoms with Crippen LogP contribution in [0, 0.1) is 0 Å². The standard InChI is InChI=1S/C16H16O2/c17-15-9-3-1-2-7-13(15)14-10-16(18)12-8-5-4-6-11(12)14/h4-6,8H,1-3,7,9-10H2/b14-13+. The summed E-state index contributed by atoms with van der Waals surface area (Å²) in [6, 6.07) is 7.67. The lowest BCUT2D eigenvalue weighted by atomic mass is 9.95. The lowest BCUT2D eigenvalue weighted by Gasteiger charge is -2.07. The van der Waals surface area contributed by atoms with Crippen molar-refractivity contribution in [3.05, 3.63) is 41.0 Å². The Morgan fingerprint density at radius 3 is 2.28 bits per heavy atom. The van der Waals surface area contributed by atoms with Gasteiger partial charge >= 0.3 is 0 Å². The minimum atomic E-state index is 0.158. The molecular formula is C16H16O2. The van der Waals surface area contributed by atoms with Gasteiger partial charge in [-0.15, -0.1) is 0 Å². The lowest BCUT2D eigenvalue weighted by Crippen LogP contribution is -2.02. The molecular weight excluding hydrogens is 224 g/mol. The molecule has 18 heavy (non-hydrogen) atoms. The fourth-order valence-electron chi connectivity index (χ4n) is 2.98. The van der Waals surface area contributed by atoms with Crippen molar-refractivity contribution in [3.63, 3.8) is 0 Å². The van der Waals surface area contributed by atoms with Crippen LogP contribution in [0.5, 0.6) is 0 Å². The summed E-state index contributed by atoms with van der Waals surface area (Å²) in [4.78, 5) is 24.1. The first-order valence-corrected chi connectivity index (χ1v) is 6.65. The van der Waals surface area contributed by atoms with Gasteiger partial charge in [-0.2, -0.15) is 0 Å². The second kappa shape index (κ2) is 4.52. The number of ketones is 2. The summed E-state index contributed by atoms with van der Waals surface area (Å²) in [5.41, 5.74) is 3.71. The number of hydrogen-bond acceptors (Lipinski definition) is 2. The van der Waals surface area contributed by atoms with E-state index in [1.54, 1.807) is 0 Å². The van der Waals surface area contributed by atoms with E-state index in [4.69, 9.17) is 0 Å². The molecule has 1 aromatic rings. The molecule has 2 aliphatic carbocycles.